The van der Waals surface area contributed by atoms with E-state index in [4.69, 9.17) is 4.74 Å². The second kappa shape index (κ2) is 6.98. The molecule has 0 bridgehead atoms. The summed E-state index contributed by atoms with van der Waals surface area (Å²) < 4.78 is 48.1. The Morgan fingerprint density at radius 1 is 1.27 bits per heavy atom. The largest absolute Gasteiger partial charge is 0.471 e. The van der Waals surface area contributed by atoms with E-state index >= 15 is 0 Å². The molecule has 0 aliphatic rings. The van der Waals surface area contributed by atoms with Crippen molar-refractivity contribution in [3.05, 3.63) is 53.7 Å². The zero-order valence-corrected chi connectivity index (χ0v) is 13.5. The first kappa shape index (κ1) is 17.6. The van der Waals surface area contributed by atoms with Crippen molar-refractivity contribution in [2.45, 2.75) is 19.6 Å². The smallest absolute Gasteiger partial charge is 0.462 e. The minimum atomic E-state index is -4.68. The highest BCUT2D eigenvalue weighted by atomic mass is 19.4. The molecule has 3 aromatic rings. The van der Waals surface area contributed by atoms with E-state index in [-0.39, 0.29) is 12.4 Å². The second-order valence-electron chi connectivity index (χ2n) is 5.26. The average Bonchev–Trinajstić information content (AvgIpc) is 3.25. The monoisotopic (exact) mass is 366 g/mol. The van der Waals surface area contributed by atoms with Gasteiger partial charge in [0.1, 0.15) is 0 Å². The summed E-state index contributed by atoms with van der Waals surface area (Å²) in [6, 6.07) is 6.56. The Morgan fingerprint density at radius 2 is 2.00 bits per heavy atom. The number of nitrogens with zero attached hydrogens (tertiary/aromatic N) is 4. The van der Waals surface area contributed by atoms with Crippen molar-refractivity contribution in [3.63, 3.8) is 0 Å². The second-order valence-corrected chi connectivity index (χ2v) is 5.26. The summed E-state index contributed by atoms with van der Waals surface area (Å²) in [4.78, 5) is 14.9. The van der Waals surface area contributed by atoms with Crippen LogP contribution in [0.4, 0.5) is 13.2 Å². The van der Waals surface area contributed by atoms with Gasteiger partial charge in [0.25, 0.3) is 0 Å². The lowest BCUT2D eigenvalue weighted by Crippen LogP contribution is -2.04. The molecule has 0 fully saturated rings. The number of ether oxygens (including phenoxy) is 1. The van der Waals surface area contributed by atoms with E-state index in [1.165, 1.54) is 6.20 Å². The van der Waals surface area contributed by atoms with E-state index in [9.17, 15) is 18.0 Å². The SMILES string of the molecule is CCOC(=O)c1cnn(Cc2ccc(-c3noc(C(F)(F)F)n3)cc2)c1. The first-order chi connectivity index (χ1) is 12.4. The molecule has 0 unspecified atom stereocenters. The number of halogens is 3. The van der Waals surface area contributed by atoms with Gasteiger partial charge in [0, 0.05) is 11.8 Å². The third-order valence-corrected chi connectivity index (χ3v) is 3.37. The molecular weight excluding hydrogens is 353 g/mol. The molecule has 2 heterocycles. The molecule has 0 saturated carbocycles. The number of aromatic nitrogens is 4. The highest BCUT2D eigenvalue weighted by molar-refractivity contribution is 5.88. The van der Waals surface area contributed by atoms with Crippen LogP contribution >= 0.6 is 0 Å². The van der Waals surface area contributed by atoms with Gasteiger partial charge in [-0.2, -0.15) is 23.3 Å². The molecule has 0 atom stereocenters. The Morgan fingerprint density at radius 3 is 2.62 bits per heavy atom. The van der Waals surface area contributed by atoms with Crippen LogP contribution in [0.2, 0.25) is 0 Å². The van der Waals surface area contributed by atoms with Gasteiger partial charge >= 0.3 is 18.0 Å². The van der Waals surface area contributed by atoms with Crippen LogP contribution in [0.5, 0.6) is 0 Å². The zero-order chi connectivity index (χ0) is 18.7. The molecule has 26 heavy (non-hydrogen) atoms. The molecule has 0 radical (unpaired) electrons. The zero-order valence-electron chi connectivity index (χ0n) is 13.5. The molecule has 0 N–H and O–H groups in total. The van der Waals surface area contributed by atoms with Crippen molar-refractivity contribution in [1.29, 1.82) is 0 Å². The lowest BCUT2D eigenvalue weighted by molar-refractivity contribution is -0.159. The van der Waals surface area contributed by atoms with Crippen molar-refractivity contribution < 1.29 is 27.2 Å². The predicted molar refractivity (Wildman–Crippen MR) is 82.0 cm³/mol. The number of hydrogen-bond donors (Lipinski definition) is 0. The van der Waals surface area contributed by atoms with Crippen LogP contribution in [0.1, 0.15) is 28.7 Å². The first-order valence-electron chi connectivity index (χ1n) is 7.56. The fourth-order valence-electron chi connectivity index (χ4n) is 2.17. The van der Waals surface area contributed by atoms with Crippen LogP contribution in [0, 0.1) is 0 Å². The van der Waals surface area contributed by atoms with Crippen molar-refractivity contribution in [2.24, 2.45) is 0 Å². The van der Waals surface area contributed by atoms with Crippen LogP contribution in [-0.4, -0.2) is 32.5 Å². The molecule has 0 amide bonds. The van der Waals surface area contributed by atoms with Gasteiger partial charge in [-0.05, 0) is 12.5 Å². The fraction of sp³-hybridized carbons (Fsp3) is 0.250. The van der Waals surface area contributed by atoms with Crippen LogP contribution in [0.3, 0.4) is 0 Å². The van der Waals surface area contributed by atoms with Gasteiger partial charge in [0.05, 0.1) is 24.9 Å². The van der Waals surface area contributed by atoms with Crippen molar-refractivity contribution in [3.8, 4) is 11.4 Å². The maximum absolute atomic E-state index is 12.5. The molecule has 0 aliphatic heterocycles. The summed E-state index contributed by atoms with van der Waals surface area (Å²) in [5.74, 6) is -1.99. The average molecular weight is 366 g/mol. The fourth-order valence-corrected chi connectivity index (χ4v) is 2.17. The van der Waals surface area contributed by atoms with E-state index in [1.54, 1.807) is 42.1 Å². The Hall–Kier alpha value is -3.17. The van der Waals surface area contributed by atoms with Gasteiger partial charge in [-0.15, -0.1) is 0 Å². The minimum Gasteiger partial charge on any atom is -0.462 e. The summed E-state index contributed by atoms with van der Waals surface area (Å²) in [6.07, 6.45) is -1.72. The van der Waals surface area contributed by atoms with Crippen LogP contribution in [-0.2, 0) is 17.5 Å². The Bertz CT molecular complexity index is 900. The van der Waals surface area contributed by atoms with E-state index in [1.807, 2.05) is 0 Å². The van der Waals surface area contributed by atoms with Gasteiger partial charge < -0.3 is 9.26 Å². The molecule has 3 rings (SSSR count). The Labute approximate surface area is 145 Å². The lowest BCUT2D eigenvalue weighted by atomic mass is 10.1. The first-order valence-corrected chi connectivity index (χ1v) is 7.56. The molecule has 0 spiro atoms. The highest BCUT2D eigenvalue weighted by Crippen LogP contribution is 2.29. The number of alkyl halides is 3. The lowest BCUT2D eigenvalue weighted by Gasteiger charge is -2.03. The van der Waals surface area contributed by atoms with Crippen molar-refractivity contribution in [2.75, 3.05) is 6.61 Å². The molecule has 2 aromatic heterocycles. The van der Waals surface area contributed by atoms with Gasteiger partial charge in [-0.3, -0.25) is 4.68 Å². The molecule has 0 saturated heterocycles. The third-order valence-electron chi connectivity index (χ3n) is 3.37. The quantitative estimate of drug-likeness (QED) is 0.645. The van der Waals surface area contributed by atoms with E-state index in [0.29, 0.717) is 17.7 Å². The summed E-state index contributed by atoms with van der Waals surface area (Å²) in [6.45, 7) is 2.36. The summed E-state index contributed by atoms with van der Waals surface area (Å²) in [7, 11) is 0. The third kappa shape index (κ3) is 3.90. The number of hydrogen-bond acceptors (Lipinski definition) is 6. The number of carbonyl (C=O) groups is 1. The predicted octanol–water partition coefficient (Wildman–Crippen LogP) is 3.18. The number of benzene rings is 1. The molecule has 136 valence electrons. The van der Waals surface area contributed by atoms with E-state index in [0.717, 1.165) is 5.56 Å². The van der Waals surface area contributed by atoms with E-state index < -0.39 is 18.0 Å². The van der Waals surface area contributed by atoms with Gasteiger partial charge in [-0.25, -0.2) is 4.79 Å². The standard InChI is InChI=1S/C16H13F3N4O3/c1-2-25-14(24)12-7-20-23(9-12)8-10-3-5-11(6-4-10)13-21-15(26-22-13)16(17,18)19/h3-7,9H,2,8H2,1H3. The van der Waals surface area contributed by atoms with Crippen LogP contribution < -0.4 is 0 Å². The van der Waals surface area contributed by atoms with E-state index in [2.05, 4.69) is 19.8 Å². The molecule has 7 nitrogen and oxygen atoms in total. The summed E-state index contributed by atoms with van der Waals surface area (Å²) >= 11 is 0. The van der Waals surface area contributed by atoms with Crippen LogP contribution in [0.25, 0.3) is 11.4 Å². The number of rotatable bonds is 5. The van der Waals surface area contributed by atoms with Gasteiger partial charge in [0.2, 0.25) is 5.82 Å². The maximum Gasteiger partial charge on any atom is 0.471 e. The Balaban J connectivity index is 1.70. The number of carbonyl (C=O) groups excluding carboxylic acids is 1. The molecular formula is C16H13F3N4O3. The minimum absolute atomic E-state index is 0.146. The van der Waals surface area contributed by atoms with Crippen molar-refractivity contribution >= 4 is 5.97 Å². The van der Waals surface area contributed by atoms with Gasteiger partial charge in [0.15, 0.2) is 0 Å². The summed E-state index contributed by atoms with van der Waals surface area (Å²) in [5.41, 5.74) is 1.56. The van der Waals surface area contributed by atoms with Crippen molar-refractivity contribution in [1.82, 2.24) is 19.9 Å². The topological polar surface area (TPSA) is 83.0 Å². The Kier molecular flexibility index (Phi) is 4.74. The number of esters is 1. The highest BCUT2D eigenvalue weighted by Gasteiger charge is 2.38. The molecule has 0 aliphatic carbocycles. The maximum atomic E-state index is 12.5. The summed E-state index contributed by atoms with van der Waals surface area (Å²) in [5, 5.41) is 7.41. The van der Waals surface area contributed by atoms with Crippen LogP contribution in [0.15, 0.2) is 41.2 Å². The van der Waals surface area contributed by atoms with Gasteiger partial charge in [-0.1, -0.05) is 29.4 Å². The normalized spacial score (nSPS) is 11.5. The molecule has 1 aromatic carbocycles. The molecule has 10 heteroatoms.